The Morgan fingerprint density at radius 2 is 2.28 bits per heavy atom. The number of hydrogen-bond donors (Lipinski definition) is 1. The molecule has 5 nitrogen and oxygen atoms in total. The fourth-order valence-corrected chi connectivity index (χ4v) is 2.42. The van der Waals surface area contributed by atoms with Gasteiger partial charge in [0.15, 0.2) is 0 Å². The first-order chi connectivity index (χ1) is 8.41. The van der Waals surface area contributed by atoms with Crippen LogP contribution in [-0.2, 0) is 4.79 Å². The molecule has 2 unspecified atom stereocenters. The van der Waals surface area contributed by atoms with Gasteiger partial charge in [0.1, 0.15) is 6.04 Å². The molecule has 2 fully saturated rings. The van der Waals surface area contributed by atoms with E-state index in [-0.39, 0.29) is 19.0 Å². The van der Waals surface area contributed by atoms with E-state index < -0.39 is 31.0 Å². The molecule has 0 aliphatic carbocycles. The van der Waals surface area contributed by atoms with E-state index in [2.05, 4.69) is 0 Å². The van der Waals surface area contributed by atoms with Crippen molar-refractivity contribution in [3.05, 3.63) is 0 Å². The number of aliphatic hydroxyl groups excluding tert-OH is 1. The molecule has 2 heterocycles. The number of β-amino-alcohol motifs (C(OH)–C–C–N with tert-alkyl or cyclic N) is 1. The highest BCUT2D eigenvalue weighted by Crippen LogP contribution is 2.31. The summed E-state index contributed by atoms with van der Waals surface area (Å²) in [7, 11) is 0. The summed E-state index contributed by atoms with van der Waals surface area (Å²) in [4.78, 5) is 14.5. The number of nitriles is 1. The van der Waals surface area contributed by atoms with Crippen molar-refractivity contribution >= 4 is 5.91 Å². The van der Waals surface area contributed by atoms with Gasteiger partial charge in [-0.1, -0.05) is 0 Å². The lowest BCUT2D eigenvalue weighted by Crippen LogP contribution is -2.41. The molecule has 7 heteroatoms. The number of alkyl halides is 2. The molecule has 0 radical (unpaired) electrons. The van der Waals surface area contributed by atoms with Gasteiger partial charge in [0.05, 0.1) is 25.3 Å². The highest BCUT2D eigenvalue weighted by atomic mass is 19.3. The van der Waals surface area contributed by atoms with Gasteiger partial charge in [-0.25, -0.2) is 8.78 Å². The number of nitrogens with zero attached hydrogens (tertiary/aromatic N) is 3. The molecule has 0 aromatic carbocycles. The van der Waals surface area contributed by atoms with Crippen molar-refractivity contribution in [1.29, 1.82) is 5.26 Å². The molecule has 2 aliphatic heterocycles. The average Bonchev–Trinajstić information content (AvgIpc) is 2.82. The van der Waals surface area contributed by atoms with Gasteiger partial charge in [-0.3, -0.25) is 9.69 Å². The van der Waals surface area contributed by atoms with Crippen molar-refractivity contribution in [1.82, 2.24) is 9.80 Å². The lowest BCUT2D eigenvalue weighted by atomic mass is 10.2. The standard InChI is InChI=1S/C11H15F2N3O2/c12-11(13)3-8(4-14)16(7-11)6-10(18)15-2-1-9(17)5-15/h8-9,17H,1-3,5-7H2. The predicted octanol–water partition coefficient (Wildman–Crippen LogP) is -0.187. The van der Waals surface area contributed by atoms with E-state index in [1.807, 2.05) is 0 Å². The first-order valence-electron chi connectivity index (χ1n) is 5.88. The van der Waals surface area contributed by atoms with Crippen LogP contribution < -0.4 is 0 Å². The Kier molecular flexibility index (Phi) is 3.50. The monoisotopic (exact) mass is 259 g/mol. The van der Waals surface area contributed by atoms with Crippen LogP contribution in [0.5, 0.6) is 0 Å². The Morgan fingerprint density at radius 3 is 2.83 bits per heavy atom. The van der Waals surface area contributed by atoms with Crippen LogP contribution in [0.3, 0.4) is 0 Å². The van der Waals surface area contributed by atoms with Crippen LogP contribution in [0.15, 0.2) is 0 Å². The third-order valence-corrected chi connectivity index (χ3v) is 3.37. The maximum atomic E-state index is 13.2. The molecular weight excluding hydrogens is 244 g/mol. The molecule has 0 bridgehead atoms. The van der Waals surface area contributed by atoms with Crippen LogP contribution in [-0.4, -0.2) is 65.1 Å². The second kappa shape index (κ2) is 4.78. The molecule has 2 saturated heterocycles. The molecule has 0 aromatic rings. The summed E-state index contributed by atoms with van der Waals surface area (Å²) in [5.74, 6) is -3.20. The first-order valence-corrected chi connectivity index (χ1v) is 5.88. The van der Waals surface area contributed by atoms with Crippen LogP contribution >= 0.6 is 0 Å². The Morgan fingerprint density at radius 1 is 1.56 bits per heavy atom. The van der Waals surface area contributed by atoms with Crippen LogP contribution in [0.1, 0.15) is 12.8 Å². The summed E-state index contributed by atoms with van der Waals surface area (Å²) in [6.45, 7) is -0.0321. The molecule has 0 aromatic heterocycles. The third-order valence-electron chi connectivity index (χ3n) is 3.37. The van der Waals surface area contributed by atoms with Crippen molar-refractivity contribution in [3.63, 3.8) is 0 Å². The number of rotatable bonds is 2. The number of amides is 1. The van der Waals surface area contributed by atoms with Crippen LogP contribution in [0.4, 0.5) is 8.78 Å². The van der Waals surface area contributed by atoms with E-state index >= 15 is 0 Å². The molecule has 1 N–H and O–H groups in total. The van der Waals surface area contributed by atoms with Gasteiger partial charge in [0.25, 0.3) is 5.92 Å². The molecule has 100 valence electrons. The zero-order chi connectivity index (χ0) is 13.3. The third kappa shape index (κ3) is 2.76. The largest absolute Gasteiger partial charge is 0.391 e. The number of carbonyl (C=O) groups excluding carboxylic acids is 1. The number of likely N-dealkylation sites (tertiary alicyclic amines) is 2. The summed E-state index contributed by atoms with van der Waals surface area (Å²) in [5.41, 5.74) is 0. The molecule has 2 rings (SSSR count). The summed E-state index contributed by atoms with van der Waals surface area (Å²) in [6.07, 6.45) is -0.524. The summed E-state index contributed by atoms with van der Waals surface area (Å²) in [6, 6.07) is 0.894. The molecule has 2 atom stereocenters. The van der Waals surface area contributed by atoms with Gasteiger partial charge in [0, 0.05) is 19.5 Å². The first kappa shape index (κ1) is 13.2. The van der Waals surface area contributed by atoms with E-state index in [0.717, 1.165) is 0 Å². The van der Waals surface area contributed by atoms with Crippen LogP contribution in [0, 0.1) is 11.3 Å². The lowest BCUT2D eigenvalue weighted by molar-refractivity contribution is -0.132. The van der Waals surface area contributed by atoms with Crippen molar-refractivity contribution in [3.8, 4) is 6.07 Å². The van der Waals surface area contributed by atoms with Gasteiger partial charge in [-0.15, -0.1) is 0 Å². The average molecular weight is 259 g/mol. The molecular formula is C11H15F2N3O2. The number of halogens is 2. The van der Waals surface area contributed by atoms with Crippen molar-refractivity contribution in [2.75, 3.05) is 26.2 Å². The minimum atomic E-state index is -2.90. The van der Waals surface area contributed by atoms with E-state index in [9.17, 15) is 18.7 Å². The highest BCUT2D eigenvalue weighted by Gasteiger charge is 2.46. The number of aliphatic hydroxyl groups is 1. The zero-order valence-corrected chi connectivity index (χ0v) is 9.85. The van der Waals surface area contributed by atoms with Crippen molar-refractivity contribution in [2.45, 2.75) is 30.9 Å². The topological polar surface area (TPSA) is 67.6 Å². The fraction of sp³-hybridized carbons (Fsp3) is 0.818. The fourth-order valence-electron chi connectivity index (χ4n) is 2.42. The van der Waals surface area contributed by atoms with Gasteiger partial charge in [0.2, 0.25) is 5.91 Å². The highest BCUT2D eigenvalue weighted by molar-refractivity contribution is 5.78. The SMILES string of the molecule is N#CC1CC(F)(F)CN1CC(=O)N1CCC(O)C1. The quantitative estimate of drug-likeness (QED) is 0.746. The number of carbonyl (C=O) groups is 1. The Balaban J connectivity index is 1.93. The minimum absolute atomic E-state index is 0.180. The lowest BCUT2D eigenvalue weighted by Gasteiger charge is -2.22. The Bertz CT molecular complexity index is 383. The van der Waals surface area contributed by atoms with Gasteiger partial charge < -0.3 is 10.0 Å². The maximum Gasteiger partial charge on any atom is 0.263 e. The molecule has 0 saturated carbocycles. The van der Waals surface area contributed by atoms with Crippen molar-refractivity contribution in [2.24, 2.45) is 0 Å². The van der Waals surface area contributed by atoms with E-state index in [0.29, 0.717) is 13.0 Å². The van der Waals surface area contributed by atoms with E-state index in [1.54, 1.807) is 6.07 Å². The maximum absolute atomic E-state index is 13.2. The molecule has 18 heavy (non-hydrogen) atoms. The second-order valence-corrected chi connectivity index (χ2v) is 4.89. The van der Waals surface area contributed by atoms with Gasteiger partial charge in [-0.05, 0) is 6.42 Å². The van der Waals surface area contributed by atoms with Crippen molar-refractivity contribution < 1.29 is 18.7 Å². The smallest absolute Gasteiger partial charge is 0.263 e. The normalized spacial score (nSPS) is 31.6. The minimum Gasteiger partial charge on any atom is -0.391 e. The second-order valence-electron chi connectivity index (χ2n) is 4.89. The molecule has 0 spiro atoms. The van der Waals surface area contributed by atoms with Gasteiger partial charge in [-0.2, -0.15) is 5.26 Å². The van der Waals surface area contributed by atoms with Gasteiger partial charge >= 0.3 is 0 Å². The number of hydrogen-bond acceptors (Lipinski definition) is 4. The Hall–Kier alpha value is -1.26. The Labute approximate surface area is 104 Å². The molecule has 1 amide bonds. The van der Waals surface area contributed by atoms with E-state index in [1.165, 1.54) is 9.80 Å². The van der Waals surface area contributed by atoms with Crippen LogP contribution in [0.25, 0.3) is 0 Å². The van der Waals surface area contributed by atoms with Crippen LogP contribution in [0.2, 0.25) is 0 Å². The summed E-state index contributed by atoms with van der Waals surface area (Å²) >= 11 is 0. The summed E-state index contributed by atoms with van der Waals surface area (Å²) < 4.78 is 26.3. The molecule has 2 aliphatic rings. The summed E-state index contributed by atoms with van der Waals surface area (Å²) in [5, 5.41) is 18.1. The predicted molar refractivity (Wildman–Crippen MR) is 57.7 cm³/mol. The zero-order valence-electron chi connectivity index (χ0n) is 9.85. The van der Waals surface area contributed by atoms with E-state index in [4.69, 9.17) is 5.26 Å².